The molecule has 1 saturated heterocycles. The van der Waals surface area contributed by atoms with E-state index in [1.165, 1.54) is 0 Å². The van der Waals surface area contributed by atoms with Gasteiger partial charge in [-0.15, -0.1) is 5.10 Å². The summed E-state index contributed by atoms with van der Waals surface area (Å²) in [6.45, 7) is 0. The number of hydrogen-bond acceptors (Lipinski definition) is 8. The number of aliphatic hydroxyl groups excluding tert-OH is 2. The van der Waals surface area contributed by atoms with Gasteiger partial charge < -0.3 is 20.7 Å². The molecule has 2 rings (SSSR count). The lowest BCUT2D eigenvalue weighted by atomic mass is 10.1. The van der Waals surface area contributed by atoms with Crippen LogP contribution in [-0.4, -0.2) is 69.6 Å². The Labute approximate surface area is 114 Å². The zero-order valence-corrected chi connectivity index (χ0v) is 11.3. The van der Waals surface area contributed by atoms with Crippen LogP contribution in [0.25, 0.3) is 0 Å². The first kappa shape index (κ1) is 14.8. The van der Waals surface area contributed by atoms with Crippen LogP contribution in [0.1, 0.15) is 16.8 Å². The molecule has 0 aromatic carbocycles. The van der Waals surface area contributed by atoms with Crippen LogP contribution in [0.15, 0.2) is 6.33 Å². The van der Waals surface area contributed by atoms with E-state index < -0.39 is 46.0 Å². The molecule has 10 nitrogen and oxygen atoms in total. The van der Waals surface area contributed by atoms with Gasteiger partial charge in [0, 0.05) is 6.26 Å². The molecule has 1 unspecified atom stereocenters. The molecule has 1 amide bonds. The van der Waals surface area contributed by atoms with E-state index in [1.807, 2.05) is 0 Å². The molecule has 2 heterocycles. The summed E-state index contributed by atoms with van der Waals surface area (Å²) in [6, 6.07) is 0. The van der Waals surface area contributed by atoms with E-state index in [0.717, 1.165) is 17.3 Å². The minimum absolute atomic E-state index is 0.276. The van der Waals surface area contributed by atoms with Crippen molar-refractivity contribution >= 4 is 15.7 Å². The number of nitrogens with zero attached hydrogens (tertiary/aromatic N) is 3. The van der Waals surface area contributed by atoms with Gasteiger partial charge in [-0.05, 0) is 0 Å². The number of hydrogen-bond donors (Lipinski definition) is 3. The highest BCUT2D eigenvalue weighted by atomic mass is 32.2. The van der Waals surface area contributed by atoms with Crippen LogP contribution in [0.2, 0.25) is 0 Å². The Morgan fingerprint density at radius 1 is 1.50 bits per heavy atom. The first-order valence-electron chi connectivity index (χ1n) is 5.59. The highest BCUT2D eigenvalue weighted by Crippen LogP contribution is 2.29. The Balaban J connectivity index is 2.19. The first-order valence-corrected chi connectivity index (χ1v) is 7.65. The second kappa shape index (κ2) is 5.09. The third-order valence-electron chi connectivity index (χ3n) is 2.79. The molecule has 0 spiro atoms. The maximum atomic E-state index is 11.2. The highest BCUT2D eigenvalue weighted by Gasteiger charge is 2.45. The molecular formula is C9H14N4O6S. The lowest BCUT2D eigenvalue weighted by Crippen LogP contribution is -2.35. The molecule has 0 aliphatic carbocycles. The van der Waals surface area contributed by atoms with Crippen LogP contribution in [-0.2, 0) is 14.6 Å². The Morgan fingerprint density at radius 2 is 2.15 bits per heavy atom. The molecule has 112 valence electrons. The number of rotatable bonds is 4. The number of nitrogens with two attached hydrogens (primary N) is 1. The van der Waals surface area contributed by atoms with Crippen molar-refractivity contribution in [2.75, 3.05) is 12.0 Å². The van der Waals surface area contributed by atoms with Gasteiger partial charge in [0.25, 0.3) is 5.91 Å². The second-order valence-electron chi connectivity index (χ2n) is 4.55. The predicted molar refractivity (Wildman–Crippen MR) is 64.2 cm³/mol. The molecule has 0 radical (unpaired) electrons. The fraction of sp³-hybridized carbons (Fsp3) is 0.667. The Morgan fingerprint density at radius 3 is 2.65 bits per heavy atom. The number of carbonyl (C=O) groups is 1. The number of aromatic nitrogens is 3. The van der Waals surface area contributed by atoms with Gasteiger partial charge in [-0.1, -0.05) is 0 Å². The molecule has 1 aromatic rings. The Hall–Kier alpha value is -1.56. The van der Waals surface area contributed by atoms with Crippen molar-refractivity contribution in [2.24, 2.45) is 5.73 Å². The van der Waals surface area contributed by atoms with Gasteiger partial charge in [0.15, 0.2) is 6.23 Å². The minimum atomic E-state index is -3.39. The molecule has 4 atom stereocenters. The van der Waals surface area contributed by atoms with E-state index in [9.17, 15) is 23.4 Å². The summed E-state index contributed by atoms with van der Waals surface area (Å²) in [5.41, 5.74) is 4.99. The largest absolute Gasteiger partial charge is 0.387 e. The number of aliphatic hydroxyl groups is 2. The molecule has 1 aliphatic heterocycles. The maximum absolute atomic E-state index is 11.2. The van der Waals surface area contributed by atoms with Gasteiger partial charge in [-0.25, -0.2) is 18.1 Å². The molecule has 20 heavy (non-hydrogen) atoms. The standard InChI is InChI=1S/C9H14N4O6S/c1-20(17,18)2-4-5(14)6(15)9(19-4)13-3-11-8(12-13)7(10)16/h3-6,9,14-15H,2H2,1H3,(H2,10,16)/t4-,5-,6-,9?/m1/s1. The van der Waals surface area contributed by atoms with Crippen LogP contribution in [0.5, 0.6) is 0 Å². The number of ether oxygens (including phenoxy) is 1. The van der Waals surface area contributed by atoms with Crippen molar-refractivity contribution in [3.8, 4) is 0 Å². The SMILES string of the molecule is CS(=O)(=O)C[C@H]1OC(n2cnc(C(N)=O)n2)[C@H](O)[C@@H]1O. The molecular weight excluding hydrogens is 292 g/mol. The second-order valence-corrected chi connectivity index (χ2v) is 6.74. The third kappa shape index (κ3) is 2.95. The summed E-state index contributed by atoms with van der Waals surface area (Å²) in [5.74, 6) is -1.58. The molecule has 4 N–H and O–H groups in total. The summed E-state index contributed by atoms with van der Waals surface area (Å²) in [7, 11) is -3.39. The zero-order chi connectivity index (χ0) is 15.1. The van der Waals surface area contributed by atoms with E-state index in [-0.39, 0.29) is 5.82 Å². The maximum Gasteiger partial charge on any atom is 0.288 e. The van der Waals surface area contributed by atoms with E-state index in [1.54, 1.807) is 0 Å². The number of sulfone groups is 1. The van der Waals surface area contributed by atoms with Gasteiger partial charge in [-0.2, -0.15) is 0 Å². The van der Waals surface area contributed by atoms with Gasteiger partial charge in [-0.3, -0.25) is 4.79 Å². The predicted octanol–water partition coefficient (Wildman–Crippen LogP) is -2.96. The summed E-state index contributed by atoms with van der Waals surface area (Å²) in [6.07, 6.45) is -2.93. The quantitative estimate of drug-likeness (QED) is 0.532. The van der Waals surface area contributed by atoms with Crippen molar-refractivity contribution in [3.05, 3.63) is 12.2 Å². The van der Waals surface area contributed by atoms with Crippen molar-refractivity contribution in [3.63, 3.8) is 0 Å². The van der Waals surface area contributed by atoms with Gasteiger partial charge in [0.1, 0.15) is 34.5 Å². The third-order valence-corrected chi connectivity index (χ3v) is 3.73. The van der Waals surface area contributed by atoms with Crippen LogP contribution >= 0.6 is 0 Å². The minimum Gasteiger partial charge on any atom is -0.387 e. The average Bonchev–Trinajstić information content (AvgIpc) is 2.88. The number of carbonyl (C=O) groups excluding carboxylic acids is 1. The topological polar surface area (TPSA) is 158 Å². The van der Waals surface area contributed by atoms with E-state index in [2.05, 4.69) is 10.1 Å². The molecule has 0 bridgehead atoms. The Kier molecular flexibility index (Phi) is 3.77. The van der Waals surface area contributed by atoms with Crippen molar-refractivity contribution in [1.82, 2.24) is 14.8 Å². The smallest absolute Gasteiger partial charge is 0.288 e. The average molecular weight is 306 g/mol. The van der Waals surface area contributed by atoms with Crippen molar-refractivity contribution in [2.45, 2.75) is 24.5 Å². The van der Waals surface area contributed by atoms with Crippen molar-refractivity contribution < 1.29 is 28.2 Å². The Bertz CT molecular complexity index is 614. The fourth-order valence-electron chi connectivity index (χ4n) is 1.89. The van der Waals surface area contributed by atoms with Gasteiger partial charge >= 0.3 is 0 Å². The monoisotopic (exact) mass is 306 g/mol. The van der Waals surface area contributed by atoms with E-state index >= 15 is 0 Å². The van der Waals surface area contributed by atoms with Crippen molar-refractivity contribution in [1.29, 1.82) is 0 Å². The molecule has 11 heteroatoms. The van der Waals surface area contributed by atoms with Crippen LogP contribution in [0.3, 0.4) is 0 Å². The van der Waals surface area contributed by atoms with Gasteiger partial charge in [0.05, 0.1) is 5.75 Å². The summed E-state index contributed by atoms with van der Waals surface area (Å²) in [4.78, 5) is 14.5. The fourth-order valence-corrected chi connectivity index (χ4v) is 2.77. The lowest BCUT2D eigenvalue weighted by molar-refractivity contribution is -0.0392. The summed E-state index contributed by atoms with van der Waals surface area (Å²) >= 11 is 0. The lowest BCUT2D eigenvalue weighted by Gasteiger charge is -2.13. The molecule has 1 aromatic heterocycles. The first-order chi connectivity index (χ1) is 9.19. The summed E-state index contributed by atoms with van der Waals surface area (Å²) < 4.78 is 28.7. The molecule has 1 fully saturated rings. The normalized spacial score (nSPS) is 30.6. The van der Waals surface area contributed by atoms with E-state index in [0.29, 0.717) is 0 Å². The molecule has 0 saturated carbocycles. The van der Waals surface area contributed by atoms with Crippen LogP contribution in [0.4, 0.5) is 0 Å². The highest BCUT2D eigenvalue weighted by molar-refractivity contribution is 7.90. The van der Waals surface area contributed by atoms with Crippen LogP contribution < -0.4 is 5.73 Å². The zero-order valence-electron chi connectivity index (χ0n) is 10.4. The van der Waals surface area contributed by atoms with Gasteiger partial charge in [0.2, 0.25) is 5.82 Å². The summed E-state index contributed by atoms with van der Waals surface area (Å²) in [5, 5.41) is 23.3. The number of amides is 1. The number of primary amides is 1. The van der Waals surface area contributed by atoms with Crippen LogP contribution in [0, 0.1) is 0 Å². The van der Waals surface area contributed by atoms with E-state index in [4.69, 9.17) is 10.5 Å². The molecule has 1 aliphatic rings.